The monoisotopic (exact) mass is 432 g/mol. The third-order valence-corrected chi connectivity index (χ3v) is 5.62. The van der Waals surface area contributed by atoms with Crippen LogP contribution in [0.5, 0.6) is 11.5 Å². The second kappa shape index (κ2) is 8.19. The molecule has 0 aliphatic carbocycles. The van der Waals surface area contributed by atoms with Gasteiger partial charge in [-0.15, -0.1) is 10.2 Å². The van der Waals surface area contributed by atoms with E-state index < -0.39 is 0 Å². The molecule has 3 heterocycles. The molecule has 156 valence electrons. The Labute approximate surface area is 182 Å². The molecule has 9 heteroatoms. The Kier molecular flexibility index (Phi) is 5.09. The van der Waals surface area contributed by atoms with E-state index in [0.717, 1.165) is 33.3 Å². The van der Waals surface area contributed by atoms with E-state index >= 15 is 0 Å². The first kappa shape index (κ1) is 19.3. The van der Waals surface area contributed by atoms with Crippen LogP contribution in [0.15, 0.2) is 54.6 Å². The second-order valence-electron chi connectivity index (χ2n) is 6.69. The maximum absolute atomic E-state index is 5.75. The number of benzene rings is 2. The minimum atomic E-state index is 0.558. The molecule has 0 atom stereocenters. The van der Waals surface area contributed by atoms with Crippen LogP contribution in [0.1, 0.15) is 13.8 Å². The molecule has 0 spiro atoms. The van der Waals surface area contributed by atoms with Crippen LogP contribution in [-0.4, -0.2) is 43.2 Å². The summed E-state index contributed by atoms with van der Waals surface area (Å²) in [5, 5.41) is 21.6. The van der Waals surface area contributed by atoms with Crippen molar-refractivity contribution in [3.8, 4) is 44.8 Å². The van der Waals surface area contributed by atoms with Crippen LogP contribution < -0.4 is 9.47 Å². The van der Waals surface area contributed by atoms with Crippen LogP contribution >= 0.6 is 11.3 Å². The lowest BCUT2D eigenvalue weighted by atomic mass is 10.1. The molecular weight excluding hydrogens is 412 g/mol. The van der Waals surface area contributed by atoms with Gasteiger partial charge in [0.15, 0.2) is 11.5 Å². The summed E-state index contributed by atoms with van der Waals surface area (Å²) in [5.74, 6) is 2.04. The Hall–Kier alpha value is -3.72. The van der Waals surface area contributed by atoms with Crippen molar-refractivity contribution >= 4 is 16.3 Å². The first-order valence-electron chi connectivity index (χ1n) is 10.00. The number of hydrogen-bond acceptors (Lipinski definition) is 7. The molecule has 0 radical (unpaired) electrons. The molecule has 0 fully saturated rings. The Morgan fingerprint density at radius 3 is 2.52 bits per heavy atom. The van der Waals surface area contributed by atoms with Gasteiger partial charge in [0.2, 0.25) is 10.8 Å². The van der Waals surface area contributed by atoms with E-state index in [9.17, 15) is 0 Å². The van der Waals surface area contributed by atoms with Gasteiger partial charge in [0.05, 0.1) is 18.9 Å². The van der Waals surface area contributed by atoms with Crippen molar-refractivity contribution < 1.29 is 9.47 Å². The van der Waals surface area contributed by atoms with Gasteiger partial charge < -0.3 is 9.47 Å². The molecule has 0 amide bonds. The normalized spacial score (nSPS) is 11.2. The maximum atomic E-state index is 5.75. The van der Waals surface area contributed by atoms with Crippen LogP contribution in [0, 0.1) is 0 Å². The van der Waals surface area contributed by atoms with Crippen molar-refractivity contribution in [2.24, 2.45) is 0 Å². The molecular formula is C22H20N6O2S. The smallest absolute Gasteiger partial charge is 0.235 e. The third-order valence-electron chi connectivity index (χ3n) is 4.67. The molecule has 0 unspecified atom stereocenters. The largest absolute Gasteiger partial charge is 0.490 e. The molecule has 0 aliphatic rings. The average Bonchev–Trinajstić information content (AvgIpc) is 3.52. The number of nitrogens with one attached hydrogen (secondary N) is 1. The zero-order chi connectivity index (χ0) is 21.2. The lowest BCUT2D eigenvalue weighted by molar-refractivity contribution is 0.288. The number of ether oxygens (including phenoxy) is 2. The van der Waals surface area contributed by atoms with Crippen LogP contribution in [0.4, 0.5) is 0 Å². The van der Waals surface area contributed by atoms with Gasteiger partial charge in [-0.2, -0.15) is 14.7 Å². The minimum Gasteiger partial charge on any atom is -0.490 e. The van der Waals surface area contributed by atoms with Crippen LogP contribution in [0.2, 0.25) is 0 Å². The van der Waals surface area contributed by atoms with Gasteiger partial charge in [0.25, 0.3) is 0 Å². The van der Waals surface area contributed by atoms with Crippen molar-refractivity contribution in [3.63, 3.8) is 0 Å². The summed E-state index contributed by atoms with van der Waals surface area (Å²) in [6, 6.07) is 17.8. The van der Waals surface area contributed by atoms with E-state index in [0.29, 0.717) is 29.7 Å². The van der Waals surface area contributed by atoms with Crippen LogP contribution in [0.3, 0.4) is 0 Å². The Morgan fingerprint density at radius 1 is 0.903 bits per heavy atom. The number of aromatic nitrogens is 6. The number of rotatable bonds is 7. The van der Waals surface area contributed by atoms with Crippen LogP contribution in [0.25, 0.3) is 38.3 Å². The van der Waals surface area contributed by atoms with E-state index in [-0.39, 0.29) is 0 Å². The zero-order valence-electron chi connectivity index (χ0n) is 17.1. The number of nitrogens with zero attached hydrogens (tertiary/aromatic N) is 5. The van der Waals surface area contributed by atoms with Crippen molar-refractivity contribution in [2.75, 3.05) is 13.2 Å². The number of aromatic amines is 1. The molecule has 0 saturated carbocycles. The number of H-pyrrole nitrogens is 1. The predicted molar refractivity (Wildman–Crippen MR) is 119 cm³/mol. The molecule has 31 heavy (non-hydrogen) atoms. The quantitative estimate of drug-likeness (QED) is 0.401. The number of fused-ring (bicyclic) bond motifs is 1. The molecule has 1 N–H and O–H groups in total. The van der Waals surface area contributed by atoms with E-state index in [1.165, 1.54) is 11.3 Å². The van der Waals surface area contributed by atoms with Gasteiger partial charge in [-0.05, 0) is 38.1 Å². The van der Waals surface area contributed by atoms with Gasteiger partial charge in [-0.3, -0.25) is 5.10 Å². The molecule has 5 aromatic rings. The molecule has 0 bridgehead atoms. The van der Waals surface area contributed by atoms with Gasteiger partial charge >= 0.3 is 0 Å². The molecule has 3 aromatic heterocycles. The van der Waals surface area contributed by atoms with Crippen molar-refractivity contribution in [3.05, 3.63) is 54.6 Å². The highest BCUT2D eigenvalue weighted by atomic mass is 32.1. The topological polar surface area (TPSA) is 90.2 Å². The fourth-order valence-corrected chi connectivity index (χ4v) is 4.11. The van der Waals surface area contributed by atoms with E-state index in [1.54, 1.807) is 4.52 Å². The van der Waals surface area contributed by atoms with Gasteiger partial charge in [-0.1, -0.05) is 41.7 Å². The minimum absolute atomic E-state index is 0.558. The third kappa shape index (κ3) is 3.64. The van der Waals surface area contributed by atoms with Crippen molar-refractivity contribution in [2.45, 2.75) is 13.8 Å². The summed E-state index contributed by atoms with van der Waals surface area (Å²) >= 11 is 1.46. The van der Waals surface area contributed by atoms with E-state index in [1.807, 2.05) is 68.4 Å². The van der Waals surface area contributed by atoms with Gasteiger partial charge in [0, 0.05) is 11.1 Å². The van der Waals surface area contributed by atoms with E-state index in [4.69, 9.17) is 14.6 Å². The van der Waals surface area contributed by atoms with E-state index in [2.05, 4.69) is 20.4 Å². The second-order valence-corrected chi connectivity index (χ2v) is 7.64. The lowest BCUT2D eigenvalue weighted by Crippen LogP contribution is -1.98. The molecule has 5 rings (SSSR count). The maximum Gasteiger partial charge on any atom is 0.235 e. The van der Waals surface area contributed by atoms with Crippen molar-refractivity contribution in [1.29, 1.82) is 0 Å². The summed E-state index contributed by atoms with van der Waals surface area (Å²) in [6.07, 6.45) is 0. The summed E-state index contributed by atoms with van der Waals surface area (Å²) in [5.41, 5.74) is 3.56. The standard InChI is InChI=1S/C22H20N6O2S/c1-3-29-18-11-10-15(12-19(18)30-4-2)21-27-28-20(25-26-22(28)31-21)17-13-16(23-24-17)14-8-6-5-7-9-14/h5-13H,3-4H2,1-2H3,(H,23,24). The van der Waals surface area contributed by atoms with Gasteiger partial charge in [-0.25, -0.2) is 0 Å². The van der Waals surface area contributed by atoms with Crippen LogP contribution in [-0.2, 0) is 0 Å². The molecule has 0 aliphatic heterocycles. The summed E-state index contributed by atoms with van der Waals surface area (Å²) in [6.45, 7) is 5.04. The van der Waals surface area contributed by atoms with Crippen molar-refractivity contribution in [1.82, 2.24) is 30.0 Å². The first-order valence-corrected chi connectivity index (χ1v) is 10.8. The predicted octanol–water partition coefficient (Wildman–Crippen LogP) is 4.71. The fourth-order valence-electron chi connectivity index (χ4n) is 3.28. The zero-order valence-corrected chi connectivity index (χ0v) is 17.9. The fraction of sp³-hybridized carbons (Fsp3) is 0.182. The highest BCUT2D eigenvalue weighted by Crippen LogP contribution is 2.35. The number of hydrogen-bond donors (Lipinski definition) is 1. The summed E-state index contributed by atoms with van der Waals surface area (Å²) < 4.78 is 13.1. The first-order chi connectivity index (χ1) is 15.3. The molecule has 8 nitrogen and oxygen atoms in total. The summed E-state index contributed by atoms with van der Waals surface area (Å²) in [4.78, 5) is 0.702. The van der Waals surface area contributed by atoms with Gasteiger partial charge in [0.1, 0.15) is 10.7 Å². The highest BCUT2D eigenvalue weighted by Gasteiger charge is 2.18. The summed E-state index contributed by atoms with van der Waals surface area (Å²) in [7, 11) is 0. The lowest BCUT2D eigenvalue weighted by Gasteiger charge is -2.11. The molecule has 0 saturated heterocycles. The highest BCUT2D eigenvalue weighted by molar-refractivity contribution is 7.19. The average molecular weight is 433 g/mol. The Bertz CT molecular complexity index is 1320. The molecule has 2 aromatic carbocycles. The Balaban J connectivity index is 1.51. The Morgan fingerprint density at radius 2 is 1.71 bits per heavy atom. The SMILES string of the molecule is CCOc1ccc(-c2nn3c(-c4cc(-c5ccccc5)n[nH]4)nnc3s2)cc1OCC.